The van der Waals surface area contributed by atoms with Gasteiger partial charge in [0.1, 0.15) is 5.75 Å². The lowest BCUT2D eigenvalue weighted by Crippen LogP contribution is -2.27. The van der Waals surface area contributed by atoms with E-state index in [1.807, 2.05) is 25.1 Å². The average molecular weight is 269 g/mol. The van der Waals surface area contributed by atoms with Crippen LogP contribution in [0.25, 0.3) is 0 Å². The van der Waals surface area contributed by atoms with Crippen molar-refractivity contribution in [1.82, 2.24) is 5.32 Å². The van der Waals surface area contributed by atoms with Crippen molar-refractivity contribution in [2.45, 2.75) is 32.9 Å². The predicted octanol–water partition coefficient (Wildman–Crippen LogP) is 2.33. The molecule has 0 saturated carbocycles. The Hall–Kier alpha value is -0.870. The molecule has 1 N–H and O–H groups in total. The average Bonchev–Trinajstić information content (AvgIpc) is 2.35. The van der Waals surface area contributed by atoms with Gasteiger partial charge < -0.3 is 10.1 Å². The fraction of sp³-hybridized carbons (Fsp3) is 0.571. The second-order valence-electron chi connectivity index (χ2n) is 4.39. The van der Waals surface area contributed by atoms with Gasteiger partial charge in [-0.3, -0.25) is 4.21 Å². The number of nitrogens with one attached hydrogen (secondary N) is 1. The Bertz CT molecular complexity index is 382. The quantitative estimate of drug-likeness (QED) is 0.787. The second kappa shape index (κ2) is 8.27. The highest BCUT2D eigenvalue weighted by molar-refractivity contribution is 7.84. The monoisotopic (exact) mass is 269 g/mol. The van der Waals surface area contributed by atoms with E-state index in [9.17, 15) is 4.21 Å². The summed E-state index contributed by atoms with van der Waals surface area (Å²) in [6.45, 7) is 5.58. The van der Waals surface area contributed by atoms with Gasteiger partial charge in [0.2, 0.25) is 0 Å². The van der Waals surface area contributed by atoms with E-state index >= 15 is 0 Å². The highest BCUT2D eigenvalue weighted by atomic mass is 32.2. The van der Waals surface area contributed by atoms with Crippen molar-refractivity contribution in [3.63, 3.8) is 0 Å². The summed E-state index contributed by atoms with van der Waals surface area (Å²) in [7, 11) is -0.706. The largest absolute Gasteiger partial charge is 0.494 e. The van der Waals surface area contributed by atoms with Gasteiger partial charge in [-0.05, 0) is 26.3 Å². The molecule has 2 atom stereocenters. The Balaban J connectivity index is 2.44. The molecule has 1 rings (SSSR count). The number of hydrogen-bond donors (Lipinski definition) is 1. The van der Waals surface area contributed by atoms with Gasteiger partial charge in [0.25, 0.3) is 0 Å². The standard InChI is InChI=1S/C14H23NO2S/c1-4-17-14-8-6-5-7-13(14)11-15-12(2)9-10-18(3)16/h5-8,12,15H,4,9-11H2,1-3H3. The Morgan fingerprint density at radius 3 is 2.78 bits per heavy atom. The van der Waals surface area contributed by atoms with Crippen LogP contribution in [-0.2, 0) is 17.3 Å². The van der Waals surface area contributed by atoms with Gasteiger partial charge in [-0.25, -0.2) is 0 Å². The first-order valence-electron chi connectivity index (χ1n) is 6.37. The van der Waals surface area contributed by atoms with Gasteiger partial charge in [-0.15, -0.1) is 0 Å². The predicted molar refractivity (Wildman–Crippen MR) is 77.5 cm³/mol. The summed E-state index contributed by atoms with van der Waals surface area (Å²) < 4.78 is 16.6. The Kier molecular flexibility index (Phi) is 6.98. The number of ether oxygens (including phenoxy) is 1. The number of rotatable bonds is 8. The first-order valence-corrected chi connectivity index (χ1v) is 8.10. The molecule has 0 radical (unpaired) electrons. The summed E-state index contributed by atoms with van der Waals surface area (Å²) in [4.78, 5) is 0. The molecule has 18 heavy (non-hydrogen) atoms. The van der Waals surface area contributed by atoms with E-state index < -0.39 is 10.8 Å². The molecule has 0 fully saturated rings. The minimum Gasteiger partial charge on any atom is -0.494 e. The van der Waals surface area contributed by atoms with Crippen LogP contribution < -0.4 is 10.1 Å². The van der Waals surface area contributed by atoms with Crippen LogP contribution in [0.1, 0.15) is 25.8 Å². The van der Waals surface area contributed by atoms with Crippen LogP contribution in [0.4, 0.5) is 0 Å². The maximum atomic E-state index is 11.0. The fourth-order valence-electron chi connectivity index (χ4n) is 1.68. The van der Waals surface area contributed by atoms with E-state index in [0.29, 0.717) is 12.6 Å². The molecule has 4 heteroatoms. The molecule has 0 spiro atoms. The van der Waals surface area contributed by atoms with E-state index in [1.165, 1.54) is 5.56 Å². The van der Waals surface area contributed by atoms with E-state index in [0.717, 1.165) is 24.5 Å². The molecule has 0 aliphatic carbocycles. The smallest absolute Gasteiger partial charge is 0.123 e. The molecule has 0 aromatic heterocycles. The van der Waals surface area contributed by atoms with Crippen LogP contribution in [0.15, 0.2) is 24.3 Å². The van der Waals surface area contributed by atoms with Gasteiger partial charge in [0, 0.05) is 41.0 Å². The molecule has 0 heterocycles. The van der Waals surface area contributed by atoms with Gasteiger partial charge in [-0.1, -0.05) is 18.2 Å². The normalized spacial score (nSPS) is 14.2. The molecule has 1 aromatic carbocycles. The molecule has 102 valence electrons. The second-order valence-corrected chi connectivity index (χ2v) is 5.94. The Morgan fingerprint density at radius 1 is 1.39 bits per heavy atom. The minimum absolute atomic E-state index is 0.364. The van der Waals surface area contributed by atoms with Crippen molar-refractivity contribution < 1.29 is 8.95 Å². The van der Waals surface area contributed by atoms with Crippen LogP contribution in [-0.4, -0.2) is 28.9 Å². The highest BCUT2D eigenvalue weighted by Gasteiger charge is 2.06. The third-order valence-corrected chi connectivity index (χ3v) is 3.56. The molecule has 0 bridgehead atoms. The molecule has 0 aliphatic heterocycles. The lowest BCUT2D eigenvalue weighted by Gasteiger charge is -2.15. The van der Waals surface area contributed by atoms with Crippen molar-refractivity contribution >= 4 is 10.8 Å². The van der Waals surface area contributed by atoms with Gasteiger partial charge in [0.05, 0.1) is 6.61 Å². The zero-order valence-electron chi connectivity index (χ0n) is 11.4. The Labute approximate surface area is 112 Å². The van der Waals surface area contributed by atoms with Gasteiger partial charge in [0.15, 0.2) is 0 Å². The third kappa shape index (κ3) is 5.65. The fourth-order valence-corrected chi connectivity index (χ4v) is 2.36. The first kappa shape index (κ1) is 15.2. The first-order chi connectivity index (χ1) is 8.63. The third-order valence-electron chi connectivity index (χ3n) is 2.75. The maximum absolute atomic E-state index is 11.0. The van der Waals surface area contributed by atoms with Crippen molar-refractivity contribution in [3.8, 4) is 5.75 Å². The molecular formula is C14H23NO2S. The van der Waals surface area contributed by atoms with Gasteiger partial charge in [-0.2, -0.15) is 0 Å². The van der Waals surface area contributed by atoms with Crippen molar-refractivity contribution in [3.05, 3.63) is 29.8 Å². The molecule has 0 saturated heterocycles. The lowest BCUT2D eigenvalue weighted by atomic mass is 10.2. The molecule has 0 amide bonds. The van der Waals surface area contributed by atoms with Crippen LogP contribution in [0.5, 0.6) is 5.75 Å². The summed E-state index contributed by atoms with van der Waals surface area (Å²) in [6, 6.07) is 8.43. The van der Waals surface area contributed by atoms with Crippen molar-refractivity contribution in [1.29, 1.82) is 0 Å². The number of benzene rings is 1. The summed E-state index contributed by atoms with van der Waals surface area (Å²) in [6.07, 6.45) is 2.68. The van der Waals surface area contributed by atoms with Gasteiger partial charge >= 0.3 is 0 Å². The van der Waals surface area contributed by atoms with Crippen molar-refractivity contribution in [2.24, 2.45) is 0 Å². The molecule has 2 unspecified atom stereocenters. The summed E-state index contributed by atoms with van der Waals surface area (Å²) in [5.41, 5.74) is 1.17. The van der Waals surface area contributed by atoms with E-state index in [4.69, 9.17) is 4.74 Å². The zero-order chi connectivity index (χ0) is 13.4. The number of hydrogen-bond acceptors (Lipinski definition) is 3. The molecule has 1 aromatic rings. The van der Waals surface area contributed by atoms with E-state index in [1.54, 1.807) is 6.26 Å². The molecular weight excluding hydrogens is 246 g/mol. The maximum Gasteiger partial charge on any atom is 0.123 e. The topological polar surface area (TPSA) is 38.3 Å². The highest BCUT2D eigenvalue weighted by Crippen LogP contribution is 2.17. The van der Waals surface area contributed by atoms with E-state index in [2.05, 4.69) is 18.3 Å². The number of para-hydroxylation sites is 1. The van der Waals surface area contributed by atoms with Crippen LogP contribution >= 0.6 is 0 Å². The SMILES string of the molecule is CCOc1ccccc1CNC(C)CCS(C)=O. The lowest BCUT2D eigenvalue weighted by molar-refractivity contribution is 0.334. The van der Waals surface area contributed by atoms with Crippen LogP contribution in [0.2, 0.25) is 0 Å². The minimum atomic E-state index is -0.706. The summed E-state index contributed by atoms with van der Waals surface area (Å²) in [5, 5.41) is 3.44. The van der Waals surface area contributed by atoms with E-state index in [-0.39, 0.29) is 0 Å². The van der Waals surface area contributed by atoms with Crippen molar-refractivity contribution in [2.75, 3.05) is 18.6 Å². The zero-order valence-corrected chi connectivity index (χ0v) is 12.3. The summed E-state index contributed by atoms with van der Waals surface area (Å²) >= 11 is 0. The summed E-state index contributed by atoms with van der Waals surface area (Å²) in [5.74, 6) is 1.69. The van der Waals surface area contributed by atoms with Crippen LogP contribution in [0.3, 0.4) is 0 Å². The molecule has 0 aliphatic rings. The van der Waals surface area contributed by atoms with Crippen LogP contribution in [0, 0.1) is 0 Å². The molecule has 3 nitrogen and oxygen atoms in total. The Morgan fingerprint density at radius 2 is 2.11 bits per heavy atom.